The summed E-state index contributed by atoms with van der Waals surface area (Å²) in [4.78, 5) is 2.74. The van der Waals surface area contributed by atoms with Crippen molar-refractivity contribution in [1.29, 1.82) is 0 Å². The molecule has 0 aromatic heterocycles. The topological polar surface area (TPSA) is 15.3 Å². The van der Waals surface area contributed by atoms with Crippen LogP contribution in [-0.4, -0.2) is 37.1 Å². The number of hydrogen-bond acceptors (Lipinski definition) is 2. The Morgan fingerprint density at radius 1 is 1.07 bits per heavy atom. The fraction of sp³-hybridized carbons (Fsp3) is 1.00. The highest BCUT2D eigenvalue weighted by atomic mass is 15.1. The van der Waals surface area contributed by atoms with E-state index in [0.29, 0.717) is 0 Å². The smallest absolute Gasteiger partial charge is 0.0108 e. The van der Waals surface area contributed by atoms with Crippen LogP contribution in [0.3, 0.4) is 0 Å². The van der Waals surface area contributed by atoms with E-state index < -0.39 is 0 Å². The minimum absolute atomic E-state index is 0.854. The first-order valence-corrected chi connectivity index (χ1v) is 6.87. The second kappa shape index (κ2) is 4.42. The zero-order valence-corrected chi connectivity index (χ0v) is 9.75. The number of hydrogen-bond donors (Lipinski definition) is 1. The molecule has 0 amide bonds. The molecule has 15 heavy (non-hydrogen) atoms. The molecule has 2 heteroatoms. The maximum absolute atomic E-state index is 3.69. The van der Waals surface area contributed by atoms with Crippen molar-refractivity contribution in [1.82, 2.24) is 10.2 Å². The third-order valence-corrected chi connectivity index (χ3v) is 4.42. The van der Waals surface area contributed by atoms with E-state index in [0.717, 1.165) is 17.9 Å². The molecule has 86 valence electrons. The van der Waals surface area contributed by atoms with Gasteiger partial charge in [-0.25, -0.2) is 0 Å². The summed E-state index contributed by atoms with van der Waals surface area (Å²) in [6.45, 7) is 5.43. The standard InChI is InChI=1S/C13H24N2/c1-4-13(14-7-1)12-3-2-8-15(10-12)9-11-5-6-11/h11-14H,1-10H2. The molecular weight excluding hydrogens is 184 g/mol. The van der Waals surface area contributed by atoms with Gasteiger partial charge in [0.2, 0.25) is 0 Å². The van der Waals surface area contributed by atoms with E-state index >= 15 is 0 Å². The van der Waals surface area contributed by atoms with Crippen LogP contribution in [0.15, 0.2) is 0 Å². The lowest BCUT2D eigenvalue weighted by Gasteiger charge is -2.35. The molecule has 2 unspecified atom stereocenters. The maximum Gasteiger partial charge on any atom is 0.0108 e. The van der Waals surface area contributed by atoms with E-state index in [1.165, 1.54) is 64.7 Å². The summed E-state index contributed by atoms with van der Waals surface area (Å²) in [6, 6.07) is 0.854. The van der Waals surface area contributed by atoms with Gasteiger partial charge >= 0.3 is 0 Å². The normalized spacial score (nSPS) is 38.4. The van der Waals surface area contributed by atoms with E-state index in [1.54, 1.807) is 0 Å². The average Bonchev–Trinajstić information content (AvgIpc) is 2.91. The Bertz CT molecular complexity index is 207. The number of piperidine rings is 1. The van der Waals surface area contributed by atoms with Crippen molar-refractivity contribution in [2.75, 3.05) is 26.2 Å². The molecule has 1 aliphatic carbocycles. The van der Waals surface area contributed by atoms with Crippen molar-refractivity contribution in [3.05, 3.63) is 0 Å². The fourth-order valence-electron chi connectivity index (χ4n) is 3.36. The minimum Gasteiger partial charge on any atom is -0.314 e. The molecule has 3 fully saturated rings. The first-order chi connectivity index (χ1) is 7.42. The molecule has 2 aliphatic heterocycles. The van der Waals surface area contributed by atoms with E-state index in [9.17, 15) is 0 Å². The van der Waals surface area contributed by atoms with Gasteiger partial charge in [0.15, 0.2) is 0 Å². The van der Waals surface area contributed by atoms with Crippen molar-refractivity contribution < 1.29 is 0 Å². The number of nitrogens with zero attached hydrogens (tertiary/aromatic N) is 1. The second-order valence-corrected chi connectivity index (χ2v) is 5.81. The van der Waals surface area contributed by atoms with Crippen LogP contribution in [-0.2, 0) is 0 Å². The van der Waals surface area contributed by atoms with Crippen molar-refractivity contribution in [2.24, 2.45) is 11.8 Å². The molecule has 2 heterocycles. The SMILES string of the molecule is C1CNC(C2CCCN(CC3CC3)C2)C1. The third kappa shape index (κ3) is 2.54. The highest BCUT2D eigenvalue weighted by molar-refractivity contribution is 4.88. The predicted octanol–water partition coefficient (Wildman–Crippen LogP) is 1.86. The zero-order valence-electron chi connectivity index (χ0n) is 9.75. The van der Waals surface area contributed by atoms with Gasteiger partial charge in [-0.3, -0.25) is 0 Å². The second-order valence-electron chi connectivity index (χ2n) is 5.81. The summed E-state index contributed by atoms with van der Waals surface area (Å²) in [5.74, 6) is 2.03. The molecule has 0 aromatic carbocycles. The average molecular weight is 208 g/mol. The third-order valence-electron chi connectivity index (χ3n) is 4.42. The summed E-state index contributed by atoms with van der Waals surface area (Å²) in [5.41, 5.74) is 0. The fourth-order valence-corrected chi connectivity index (χ4v) is 3.36. The summed E-state index contributed by atoms with van der Waals surface area (Å²) in [6.07, 6.45) is 8.76. The first-order valence-electron chi connectivity index (χ1n) is 6.87. The van der Waals surface area contributed by atoms with Gasteiger partial charge in [0.25, 0.3) is 0 Å². The largest absolute Gasteiger partial charge is 0.314 e. The quantitative estimate of drug-likeness (QED) is 0.761. The minimum atomic E-state index is 0.854. The Hall–Kier alpha value is -0.0800. The molecule has 1 N–H and O–H groups in total. The van der Waals surface area contributed by atoms with Gasteiger partial charge in [0, 0.05) is 19.1 Å². The molecule has 1 saturated carbocycles. The molecule has 0 radical (unpaired) electrons. The molecule has 3 rings (SSSR count). The van der Waals surface area contributed by atoms with E-state index in [4.69, 9.17) is 0 Å². The van der Waals surface area contributed by atoms with E-state index in [-0.39, 0.29) is 0 Å². The Balaban J connectivity index is 1.50. The molecule has 0 spiro atoms. The van der Waals surface area contributed by atoms with Gasteiger partial charge in [-0.05, 0) is 63.5 Å². The summed E-state index contributed by atoms with van der Waals surface area (Å²) >= 11 is 0. The van der Waals surface area contributed by atoms with Gasteiger partial charge in [0.1, 0.15) is 0 Å². The number of rotatable bonds is 3. The summed E-state index contributed by atoms with van der Waals surface area (Å²) < 4.78 is 0. The summed E-state index contributed by atoms with van der Waals surface area (Å²) in [7, 11) is 0. The Morgan fingerprint density at radius 3 is 2.73 bits per heavy atom. The molecule has 2 atom stereocenters. The number of nitrogens with one attached hydrogen (secondary N) is 1. The van der Waals surface area contributed by atoms with Gasteiger partial charge < -0.3 is 10.2 Å². The Labute approximate surface area is 93.4 Å². The molecule has 0 bridgehead atoms. The molecule has 0 aromatic rings. The molecule has 3 aliphatic rings. The lowest BCUT2D eigenvalue weighted by atomic mass is 9.89. The van der Waals surface area contributed by atoms with Gasteiger partial charge in [0.05, 0.1) is 0 Å². The lowest BCUT2D eigenvalue weighted by Crippen LogP contribution is -2.44. The van der Waals surface area contributed by atoms with Crippen LogP contribution < -0.4 is 5.32 Å². The zero-order chi connectivity index (χ0) is 10.1. The predicted molar refractivity (Wildman–Crippen MR) is 62.9 cm³/mol. The first kappa shape index (κ1) is 10.1. The van der Waals surface area contributed by atoms with Gasteiger partial charge in [-0.15, -0.1) is 0 Å². The maximum atomic E-state index is 3.69. The highest BCUT2D eigenvalue weighted by Crippen LogP contribution is 2.32. The molecule has 2 nitrogen and oxygen atoms in total. The Morgan fingerprint density at radius 2 is 2.00 bits per heavy atom. The van der Waals surface area contributed by atoms with E-state index in [1.807, 2.05) is 0 Å². The van der Waals surface area contributed by atoms with Crippen LogP contribution in [0.25, 0.3) is 0 Å². The van der Waals surface area contributed by atoms with Crippen LogP contribution in [0.1, 0.15) is 38.5 Å². The van der Waals surface area contributed by atoms with Crippen molar-refractivity contribution in [3.8, 4) is 0 Å². The van der Waals surface area contributed by atoms with Gasteiger partial charge in [-0.2, -0.15) is 0 Å². The van der Waals surface area contributed by atoms with Crippen LogP contribution in [0.5, 0.6) is 0 Å². The van der Waals surface area contributed by atoms with Crippen molar-refractivity contribution in [3.63, 3.8) is 0 Å². The Kier molecular flexibility index (Phi) is 2.98. The van der Waals surface area contributed by atoms with Crippen molar-refractivity contribution >= 4 is 0 Å². The molecular formula is C13H24N2. The van der Waals surface area contributed by atoms with Crippen LogP contribution in [0, 0.1) is 11.8 Å². The molecule has 2 saturated heterocycles. The van der Waals surface area contributed by atoms with Crippen molar-refractivity contribution in [2.45, 2.75) is 44.6 Å². The van der Waals surface area contributed by atoms with Gasteiger partial charge in [-0.1, -0.05) is 0 Å². The lowest BCUT2D eigenvalue weighted by molar-refractivity contribution is 0.146. The van der Waals surface area contributed by atoms with Crippen LogP contribution in [0.2, 0.25) is 0 Å². The van der Waals surface area contributed by atoms with E-state index in [2.05, 4.69) is 10.2 Å². The van der Waals surface area contributed by atoms with Crippen LogP contribution in [0.4, 0.5) is 0 Å². The monoisotopic (exact) mass is 208 g/mol. The van der Waals surface area contributed by atoms with Crippen LogP contribution >= 0.6 is 0 Å². The highest BCUT2D eigenvalue weighted by Gasteiger charge is 2.31. The summed E-state index contributed by atoms with van der Waals surface area (Å²) in [5, 5.41) is 3.69. The number of likely N-dealkylation sites (tertiary alicyclic amines) is 1.